The van der Waals surface area contributed by atoms with E-state index in [2.05, 4.69) is 10.6 Å². The molecule has 0 fully saturated rings. The molecule has 1 heterocycles. The van der Waals surface area contributed by atoms with Gasteiger partial charge in [0.1, 0.15) is 23.1 Å². The third kappa shape index (κ3) is 8.13. The fourth-order valence-corrected chi connectivity index (χ4v) is 5.31. The van der Waals surface area contributed by atoms with Crippen molar-refractivity contribution < 1.29 is 49.1 Å². The number of hydrogen-bond donors (Lipinski definition) is 7. The van der Waals surface area contributed by atoms with E-state index in [1.807, 2.05) is 0 Å². The minimum absolute atomic E-state index is 0.00702. The van der Waals surface area contributed by atoms with E-state index in [0.29, 0.717) is 47.2 Å². The van der Waals surface area contributed by atoms with Gasteiger partial charge in [0.25, 0.3) is 0 Å². The van der Waals surface area contributed by atoms with Gasteiger partial charge >= 0.3 is 23.9 Å². The van der Waals surface area contributed by atoms with Crippen LogP contribution in [-0.4, -0.2) is 85.1 Å². The Morgan fingerprint density at radius 3 is 2.22 bits per heavy atom. The van der Waals surface area contributed by atoms with Gasteiger partial charge in [-0.2, -0.15) is 0 Å². The highest BCUT2D eigenvalue weighted by Crippen LogP contribution is 2.42. The molecule has 4 rings (SSSR count). The maximum absolute atomic E-state index is 12.4. The summed E-state index contributed by atoms with van der Waals surface area (Å²) in [6, 6.07) is 11.9. The van der Waals surface area contributed by atoms with Crippen molar-refractivity contribution in [1.82, 2.24) is 10.2 Å². The number of aromatic carboxylic acids is 1. The molecule has 240 valence electrons. The third-order valence-corrected chi connectivity index (χ3v) is 7.29. The minimum Gasteiger partial charge on any atom is -0.508 e. The van der Waals surface area contributed by atoms with Gasteiger partial charge in [0.15, 0.2) is 10.5 Å². The van der Waals surface area contributed by atoms with E-state index in [1.54, 1.807) is 24.3 Å². The Morgan fingerprint density at radius 1 is 0.870 bits per heavy atom. The molecule has 0 bridgehead atoms. The lowest BCUT2D eigenvalue weighted by Gasteiger charge is -2.25. The number of unbranched alkanes of at least 4 members (excludes halogenated alkanes) is 1. The summed E-state index contributed by atoms with van der Waals surface area (Å²) in [6.07, 6.45) is 0.739. The van der Waals surface area contributed by atoms with Gasteiger partial charge in [-0.1, -0.05) is 6.07 Å². The molecule has 0 saturated carbocycles. The highest BCUT2D eigenvalue weighted by molar-refractivity contribution is 7.80. The highest BCUT2D eigenvalue weighted by Gasteiger charge is 2.28. The zero-order valence-corrected chi connectivity index (χ0v) is 24.9. The number of anilines is 1. The number of aliphatic carboxylic acids is 3. The Hall–Kier alpha value is -5.54. The summed E-state index contributed by atoms with van der Waals surface area (Å²) in [5, 5.41) is 54.2. The van der Waals surface area contributed by atoms with Crippen molar-refractivity contribution in [1.29, 1.82) is 0 Å². The molecule has 0 saturated heterocycles. The Balaban J connectivity index is 1.47. The molecule has 0 spiro atoms. The summed E-state index contributed by atoms with van der Waals surface area (Å²) >= 11 is 5.33. The van der Waals surface area contributed by atoms with Crippen LogP contribution in [0.1, 0.15) is 29.6 Å². The number of fused-ring (bicyclic) bond motifs is 2. The van der Waals surface area contributed by atoms with Crippen molar-refractivity contribution in [3.8, 4) is 28.2 Å². The van der Waals surface area contributed by atoms with Gasteiger partial charge < -0.3 is 40.6 Å². The van der Waals surface area contributed by atoms with Gasteiger partial charge in [-0.05, 0) is 73.4 Å². The van der Waals surface area contributed by atoms with Crippen LogP contribution >= 0.6 is 12.2 Å². The van der Waals surface area contributed by atoms with Gasteiger partial charge in [0, 0.05) is 40.9 Å². The molecule has 0 aromatic heterocycles. The number of nitrogens with one attached hydrogen (secondary N) is 2. The van der Waals surface area contributed by atoms with Crippen LogP contribution in [0, 0.1) is 0 Å². The van der Waals surface area contributed by atoms with Gasteiger partial charge in [-0.15, -0.1) is 0 Å². The summed E-state index contributed by atoms with van der Waals surface area (Å²) < 4.78 is 5.84. The zero-order valence-electron chi connectivity index (χ0n) is 24.1. The van der Waals surface area contributed by atoms with E-state index in [9.17, 15) is 39.3 Å². The number of carbonyl (C=O) groups is 4. The van der Waals surface area contributed by atoms with E-state index >= 15 is 0 Å². The predicted molar refractivity (Wildman–Crippen MR) is 170 cm³/mol. The van der Waals surface area contributed by atoms with Crippen LogP contribution in [-0.2, 0) is 14.4 Å². The summed E-state index contributed by atoms with van der Waals surface area (Å²) in [7, 11) is 0. The number of carboxylic acids is 4. The SMILES string of the molecule is O=C(O)CN(CC(=O)O)[C@H](CCCCNC(=S)Nc1ccc(-c2c3ccc(=O)cc-3oc3cc(O)ccc23)c(C(=O)O)c1)C(=O)O. The number of aromatic hydroxyl groups is 1. The van der Waals surface area contributed by atoms with Crippen LogP contribution in [0.2, 0.25) is 0 Å². The number of hydrogen-bond acceptors (Lipinski definition) is 9. The smallest absolute Gasteiger partial charge is 0.336 e. The third-order valence-electron chi connectivity index (χ3n) is 7.05. The van der Waals surface area contributed by atoms with E-state index in [1.165, 1.54) is 30.3 Å². The first-order valence-electron chi connectivity index (χ1n) is 13.9. The van der Waals surface area contributed by atoms with Crippen LogP contribution in [0.4, 0.5) is 5.69 Å². The zero-order chi connectivity index (χ0) is 33.5. The molecule has 2 aliphatic rings. The lowest BCUT2D eigenvalue weighted by molar-refractivity contribution is -0.149. The summed E-state index contributed by atoms with van der Waals surface area (Å²) in [5.74, 6) is -5.10. The lowest BCUT2D eigenvalue weighted by Crippen LogP contribution is -2.46. The van der Waals surface area contributed by atoms with Crippen LogP contribution in [0.25, 0.3) is 33.4 Å². The average Bonchev–Trinajstić information content (AvgIpc) is 2.96. The Kier molecular flexibility index (Phi) is 10.5. The van der Waals surface area contributed by atoms with Crippen molar-refractivity contribution >= 4 is 57.9 Å². The average molecular weight is 652 g/mol. The number of phenolic OH excluding ortho intramolecular Hbond substituents is 1. The Labute approximate surface area is 265 Å². The van der Waals surface area contributed by atoms with Gasteiger partial charge in [0.05, 0.1) is 18.7 Å². The molecule has 46 heavy (non-hydrogen) atoms. The monoisotopic (exact) mass is 651 g/mol. The topological polar surface area (TPSA) is 227 Å². The number of nitrogens with zero attached hydrogens (tertiary/aromatic N) is 1. The number of rotatable bonds is 14. The van der Waals surface area contributed by atoms with Gasteiger partial charge in [-0.25, -0.2) is 4.79 Å². The first kappa shape index (κ1) is 33.4. The minimum atomic E-state index is -1.34. The largest absolute Gasteiger partial charge is 0.508 e. The second-order valence-electron chi connectivity index (χ2n) is 10.3. The quantitative estimate of drug-likeness (QED) is 0.0589. The number of carboxylic acid groups (broad SMARTS) is 4. The summed E-state index contributed by atoms with van der Waals surface area (Å²) in [4.78, 5) is 59.2. The van der Waals surface area contributed by atoms with Crippen LogP contribution < -0.4 is 16.1 Å². The van der Waals surface area contributed by atoms with E-state index in [-0.39, 0.29) is 39.6 Å². The fraction of sp³-hybridized carbons (Fsp3) is 0.226. The standard InChI is InChI=1S/C31H29N3O11S/c35-17-5-8-20-24(12-17)45-25-13-18(36)6-9-21(25)28(20)19-7-4-16(11-22(19)29(41)42)33-31(46)32-10-2-1-3-23(30(43)44)34(14-26(37)38)15-27(39)40/h4-9,11-13,23,35H,1-3,10,14-15H2,(H,37,38)(H,39,40)(H,41,42)(H,43,44)(H2,32,33,46)/t23-/m1/s1. The molecule has 2 aromatic rings. The lowest BCUT2D eigenvalue weighted by atomic mass is 9.90. The van der Waals surface area contributed by atoms with Gasteiger partial charge in [0.2, 0.25) is 0 Å². The summed E-state index contributed by atoms with van der Waals surface area (Å²) in [5.41, 5.74) is 1.55. The van der Waals surface area contributed by atoms with Crippen LogP contribution in [0.5, 0.6) is 5.75 Å². The molecular weight excluding hydrogens is 622 g/mol. The Bertz CT molecular complexity index is 1840. The van der Waals surface area contributed by atoms with E-state index < -0.39 is 43.0 Å². The van der Waals surface area contributed by atoms with Crippen molar-refractivity contribution in [2.24, 2.45) is 0 Å². The fourth-order valence-electron chi connectivity index (χ4n) is 5.09. The maximum atomic E-state index is 12.4. The molecule has 14 nitrogen and oxygen atoms in total. The van der Waals surface area contributed by atoms with Crippen LogP contribution in [0.3, 0.4) is 0 Å². The molecular formula is C31H29N3O11S. The maximum Gasteiger partial charge on any atom is 0.336 e. The normalized spacial score (nSPS) is 11.8. The number of phenols is 1. The molecule has 1 aliphatic heterocycles. The van der Waals surface area contributed by atoms with Crippen molar-refractivity contribution in [3.05, 3.63) is 70.4 Å². The molecule has 2 aromatic carbocycles. The van der Waals surface area contributed by atoms with Crippen LogP contribution in [0.15, 0.2) is 63.8 Å². The second-order valence-corrected chi connectivity index (χ2v) is 10.7. The molecule has 1 aliphatic carbocycles. The first-order chi connectivity index (χ1) is 21.8. The van der Waals surface area contributed by atoms with Crippen molar-refractivity contribution in [2.75, 3.05) is 25.0 Å². The van der Waals surface area contributed by atoms with E-state index in [4.69, 9.17) is 26.8 Å². The molecule has 15 heteroatoms. The molecule has 7 N–H and O–H groups in total. The molecule has 1 atom stereocenters. The molecule has 0 unspecified atom stereocenters. The van der Waals surface area contributed by atoms with Gasteiger partial charge in [-0.3, -0.25) is 24.1 Å². The van der Waals surface area contributed by atoms with E-state index in [0.717, 1.165) is 4.90 Å². The Morgan fingerprint density at radius 2 is 1.57 bits per heavy atom. The first-order valence-corrected chi connectivity index (χ1v) is 14.3. The molecule has 0 radical (unpaired) electrons. The van der Waals surface area contributed by atoms with Crippen molar-refractivity contribution in [3.63, 3.8) is 0 Å². The number of benzene rings is 3. The second kappa shape index (κ2) is 14.5. The summed E-state index contributed by atoms with van der Waals surface area (Å²) in [6.45, 7) is -1.17. The highest BCUT2D eigenvalue weighted by atomic mass is 32.1. The number of thiocarbonyl (C=S) groups is 1. The molecule has 0 amide bonds. The predicted octanol–water partition coefficient (Wildman–Crippen LogP) is 3.35. The van der Waals surface area contributed by atoms with Crippen molar-refractivity contribution in [2.45, 2.75) is 25.3 Å².